The summed E-state index contributed by atoms with van der Waals surface area (Å²) in [6.07, 6.45) is 1.65. The van der Waals surface area contributed by atoms with E-state index in [0.717, 1.165) is 29.2 Å². The molecule has 0 spiro atoms. The number of ether oxygens (including phenoxy) is 1. The Morgan fingerprint density at radius 1 is 0.966 bits per heavy atom. The highest BCUT2D eigenvalue weighted by Gasteiger charge is 2.07. The van der Waals surface area contributed by atoms with Gasteiger partial charge >= 0.3 is 0 Å². The summed E-state index contributed by atoms with van der Waals surface area (Å²) >= 11 is 0. The molecule has 150 valence electrons. The second-order valence-corrected chi connectivity index (χ2v) is 6.91. The van der Waals surface area contributed by atoms with E-state index in [0.29, 0.717) is 18.8 Å². The third kappa shape index (κ3) is 6.62. The van der Waals surface area contributed by atoms with Crippen molar-refractivity contribution >= 4 is 17.3 Å². The Kier molecular flexibility index (Phi) is 7.19. The van der Waals surface area contributed by atoms with Crippen LogP contribution in [0.1, 0.15) is 16.1 Å². The molecule has 3 rings (SSSR count). The predicted octanol–water partition coefficient (Wildman–Crippen LogP) is 3.70. The molecular weight excluding hydrogens is 364 g/mol. The number of amides is 1. The number of nitrogens with zero attached hydrogens (tertiary/aromatic N) is 2. The molecule has 0 saturated carbocycles. The lowest BCUT2D eigenvalue weighted by Gasteiger charge is -2.11. The van der Waals surface area contributed by atoms with E-state index < -0.39 is 0 Å². The third-order valence-corrected chi connectivity index (χ3v) is 4.23. The number of rotatable bonds is 9. The zero-order valence-corrected chi connectivity index (χ0v) is 16.8. The zero-order chi connectivity index (χ0) is 20.5. The Labute approximate surface area is 171 Å². The molecule has 1 aromatic heterocycles. The molecule has 0 fully saturated rings. The number of pyridine rings is 1. The van der Waals surface area contributed by atoms with Gasteiger partial charge in [-0.15, -0.1) is 0 Å². The molecule has 0 aliphatic rings. The molecule has 29 heavy (non-hydrogen) atoms. The van der Waals surface area contributed by atoms with Gasteiger partial charge < -0.3 is 20.3 Å². The van der Waals surface area contributed by atoms with Gasteiger partial charge in [0, 0.05) is 18.8 Å². The Bertz CT molecular complexity index is 894. The summed E-state index contributed by atoms with van der Waals surface area (Å²) in [6, 6.07) is 21.4. The molecule has 2 aromatic carbocycles. The number of likely N-dealkylation sites (N-methyl/N-ethyl adjacent to an activating group) is 1. The van der Waals surface area contributed by atoms with Crippen molar-refractivity contribution in [3.8, 4) is 5.75 Å². The normalized spacial score (nSPS) is 10.6. The molecular formula is C23H26N4O2. The maximum Gasteiger partial charge on any atom is 0.269 e. The first-order chi connectivity index (χ1) is 14.1. The van der Waals surface area contributed by atoms with E-state index in [4.69, 9.17) is 4.74 Å². The number of nitrogens with one attached hydrogen (secondary N) is 2. The van der Waals surface area contributed by atoms with E-state index in [1.807, 2.05) is 79.7 Å². The van der Waals surface area contributed by atoms with Crippen molar-refractivity contribution < 1.29 is 9.53 Å². The van der Waals surface area contributed by atoms with Crippen LogP contribution in [-0.4, -0.2) is 43.0 Å². The maximum absolute atomic E-state index is 12.1. The summed E-state index contributed by atoms with van der Waals surface area (Å²) in [5, 5.41) is 6.12. The maximum atomic E-state index is 12.1. The fraction of sp³-hybridized carbons (Fsp3) is 0.217. The first-order valence-electron chi connectivity index (χ1n) is 9.53. The Balaban J connectivity index is 1.50. The first-order valence-corrected chi connectivity index (χ1v) is 9.53. The van der Waals surface area contributed by atoms with Crippen molar-refractivity contribution in [2.75, 3.05) is 32.5 Å². The molecule has 0 saturated heterocycles. The van der Waals surface area contributed by atoms with Gasteiger partial charge in [-0.2, -0.15) is 0 Å². The molecule has 0 atom stereocenters. The molecule has 0 aliphatic carbocycles. The summed E-state index contributed by atoms with van der Waals surface area (Å²) < 4.78 is 5.80. The summed E-state index contributed by atoms with van der Waals surface area (Å²) in [6.45, 7) is 1.91. The minimum absolute atomic E-state index is 0.168. The molecule has 0 aliphatic heterocycles. The van der Waals surface area contributed by atoms with E-state index in [1.54, 1.807) is 12.3 Å². The van der Waals surface area contributed by atoms with Gasteiger partial charge in [-0.1, -0.05) is 30.3 Å². The predicted molar refractivity (Wildman–Crippen MR) is 116 cm³/mol. The number of carbonyl (C=O) groups is 1. The number of hydrogen-bond donors (Lipinski definition) is 2. The zero-order valence-electron chi connectivity index (χ0n) is 16.8. The second-order valence-electron chi connectivity index (χ2n) is 6.91. The van der Waals surface area contributed by atoms with Gasteiger partial charge in [0.15, 0.2) is 0 Å². The molecule has 2 N–H and O–H groups in total. The van der Waals surface area contributed by atoms with Gasteiger partial charge in [0.2, 0.25) is 0 Å². The van der Waals surface area contributed by atoms with Crippen LogP contribution in [0.5, 0.6) is 5.75 Å². The molecule has 0 unspecified atom stereocenters. The van der Waals surface area contributed by atoms with Crippen LogP contribution in [0.2, 0.25) is 0 Å². The summed E-state index contributed by atoms with van der Waals surface area (Å²) in [7, 11) is 3.93. The van der Waals surface area contributed by atoms with Crippen molar-refractivity contribution in [3.05, 3.63) is 84.2 Å². The smallest absolute Gasteiger partial charge is 0.269 e. The van der Waals surface area contributed by atoms with Crippen molar-refractivity contribution in [3.63, 3.8) is 0 Å². The number of carbonyl (C=O) groups excluding carboxylic acids is 1. The molecule has 1 heterocycles. The van der Waals surface area contributed by atoms with Crippen molar-refractivity contribution in [1.82, 2.24) is 15.2 Å². The van der Waals surface area contributed by atoms with Crippen LogP contribution in [0.15, 0.2) is 72.9 Å². The molecule has 6 nitrogen and oxygen atoms in total. The Morgan fingerprint density at radius 2 is 1.69 bits per heavy atom. The minimum atomic E-state index is -0.168. The van der Waals surface area contributed by atoms with Crippen molar-refractivity contribution in [2.45, 2.75) is 6.61 Å². The lowest BCUT2D eigenvalue weighted by molar-refractivity contribution is 0.0946. The van der Waals surface area contributed by atoms with Gasteiger partial charge in [0.05, 0.1) is 11.9 Å². The summed E-state index contributed by atoms with van der Waals surface area (Å²) in [5.41, 5.74) is 3.26. The van der Waals surface area contributed by atoms with Crippen LogP contribution in [0.4, 0.5) is 11.4 Å². The topological polar surface area (TPSA) is 66.5 Å². The lowest BCUT2D eigenvalue weighted by Crippen LogP contribution is -2.31. The standard InChI is InChI=1S/C23H26N4O2/c1-27(2)15-14-24-23(28)22-13-10-20(16-25-22)26-19-8-11-21(12-9-19)29-17-18-6-4-3-5-7-18/h3-13,16,26H,14-15,17H2,1-2H3,(H,24,28). The SMILES string of the molecule is CN(C)CCNC(=O)c1ccc(Nc2ccc(OCc3ccccc3)cc2)cn1. The molecule has 0 bridgehead atoms. The molecule has 3 aromatic rings. The van der Waals surface area contributed by atoms with Crippen LogP contribution in [0.3, 0.4) is 0 Å². The average Bonchev–Trinajstić information content (AvgIpc) is 2.74. The highest BCUT2D eigenvalue weighted by molar-refractivity contribution is 5.92. The van der Waals surface area contributed by atoms with E-state index in [9.17, 15) is 4.79 Å². The van der Waals surface area contributed by atoms with Crippen molar-refractivity contribution in [2.24, 2.45) is 0 Å². The van der Waals surface area contributed by atoms with Crippen LogP contribution in [-0.2, 0) is 6.61 Å². The number of benzene rings is 2. The van der Waals surface area contributed by atoms with E-state index in [1.165, 1.54) is 0 Å². The van der Waals surface area contributed by atoms with Crippen LogP contribution in [0, 0.1) is 0 Å². The third-order valence-electron chi connectivity index (χ3n) is 4.23. The van der Waals surface area contributed by atoms with Gasteiger partial charge in [0.1, 0.15) is 18.1 Å². The molecule has 1 amide bonds. The van der Waals surface area contributed by atoms with Gasteiger partial charge in [0.25, 0.3) is 5.91 Å². The molecule has 0 radical (unpaired) electrons. The van der Waals surface area contributed by atoms with Gasteiger partial charge in [-0.05, 0) is 56.1 Å². The second kappa shape index (κ2) is 10.2. The van der Waals surface area contributed by atoms with Crippen LogP contribution in [0.25, 0.3) is 0 Å². The fourth-order valence-electron chi connectivity index (χ4n) is 2.63. The fourth-order valence-corrected chi connectivity index (χ4v) is 2.63. The highest BCUT2D eigenvalue weighted by Crippen LogP contribution is 2.20. The first kappa shape index (κ1) is 20.4. The van der Waals surface area contributed by atoms with Crippen molar-refractivity contribution in [1.29, 1.82) is 0 Å². The minimum Gasteiger partial charge on any atom is -0.489 e. The molecule has 6 heteroatoms. The number of hydrogen-bond acceptors (Lipinski definition) is 5. The van der Waals surface area contributed by atoms with E-state index in [-0.39, 0.29) is 5.91 Å². The summed E-state index contributed by atoms with van der Waals surface area (Å²) in [4.78, 5) is 18.3. The lowest BCUT2D eigenvalue weighted by atomic mass is 10.2. The summed E-state index contributed by atoms with van der Waals surface area (Å²) in [5.74, 6) is 0.639. The average molecular weight is 390 g/mol. The Hall–Kier alpha value is -3.38. The monoisotopic (exact) mass is 390 g/mol. The van der Waals surface area contributed by atoms with E-state index >= 15 is 0 Å². The largest absolute Gasteiger partial charge is 0.489 e. The van der Waals surface area contributed by atoms with Gasteiger partial charge in [-0.3, -0.25) is 4.79 Å². The number of aromatic nitrogens is 1. The highest BCUT2D eigenvalue weighted by atomic mass is 16.5. The quantitative estimate of drug-likeness (QED) is 0.583. The van der Waals surface area contributed by atoms with Gasteiger partial charge in [-0.25, -0.2) is 4.98 Å². The Morgan fingerprint density at radius 3 is 2.34 bits per heavy atom. The van der Waals surface area contributed by atoms with Crippen LogP contribution >= 0.6 is 0 Å². The number of anilines is 2. The van der Waals surface area contributed by atoms with E-state index in [2.05, 4.69) is 15.6 Å². The van der Waals surface area contributed by atoms with Crippen LogP contribution < -0.4 is 15.4 Å².